The average Bonchev–Trinajstić information content (AvgIpc) is 3.23. The molecule has 2 nitrogen and oxygen atoms in total. The van der Waals surface area contributed by atoms with Gasteiger partial charge in [-0.05, 0) is 57.4 Å². The largest absolute Gasteiger partial charge is 0.366 e. The molecule has 0 amide bonds. The van der Waals surface area contributed by atoms with Crippen molar-refractivity contribution in [3.05, 3.63) is 29.6 Å². The Morgan fingerprint density at radius 2 is 2.11 bits per heavy atom. The van der Waals surface area contributed by atoms with Crippen molar-refractivity contribution in [2.24, 2.45) is 0 Å². The zero-order valence-corrected chi connectivity index (χ0v) is 12.2. The molecule has 2 rings (SSSR count). The first kappa shape index (κ1) is 14.3. The van der Waals surface area contributed by atoms with Crippen LogP contribution in [0, 0.1) is 5.82 Å². The van der Waals surface area contributed by atoms with Gasteiger partial charge in [0.1, 0.15) is 5.82 Å². The Kier molecular flexibility index (Phi) is 4.81. The molecule has 0 radical (unpaired) electrons. The number of benzene rings is 1. The summed E-state index contributed by atoms with van der Waals surface area (Å²) in [5, 5.41) is 3.39. The van der Waals surface area contributed by atoms with Crippen LogP contribution in [0.4, 0.5) is 10.1 Å². The zero-order chi connectivity index (χ0) is 13.8. The van der Waals surface area contributed by atoms with Crippen LogP contribution < -0.4 is 10.2 Å². The van der Waals surface area contributed by atoms with Crippen LogP contribution in [-0.4, -0.2) is 19.1 Å². The summed E-state index contributed by atoms with van der Waals surface area (Å²) in [5.41, 5.74) is 1.79. The maximum atomic E-state index is 14.3. The lowest BCUT2D eigenvalue weighted by atomic mass is 10.1. The molecule has 19 heavy (non-hydrogen) atoms. The summed E-state index contributed by atoms with van der Waals surface area (Å²) in [6.07, 6.45) is 3.49. The molecule has 1 unspecified atom stereocenters. The van der Waals surface area contributed by atoms with Crippen LogP contribution in [-0.2, 0) is 0 Å². The molecule has 0 spiro atoms. The highest BCUT2D eigenvalue weighted by molar-refractivity contribution is 5.51. The summed E-state index contributed by atoms with van der Waals surface area (Å²) in [4.78, 5) is 2.18. The van der Waals surface area contributed by atoms with Gasteiger partial charge in [-0.1, -0.05) is 13.0 Å². The molecule has 0 heterocycles. The maximum absolute atomic E-state index is 14.3. The number of hydrogen-bond donors (Lipinski definition) is 1. The number of nitrogens with one attached hydrogen (secondary N) is 1. The van der Waals surface area contributed by atoms with Crippen molar-refractivity contribution in [1.29, 1.82) is 0 Å². The Bertz CT molecular complexity index is 415. The van der Waals surface area contributed by atoms with E-state index in [1.54, 1.807) is 6.07 Å². The summed E-state index contributed by atoms with van der Waals surface area (Å²) >= 11 is 0. The fourth-order valence-corrected chi connectivity index (χ4v) is 2.52. The Morgan fingerprint density at radius 1 is 1.37 bits per heavy atom. The molecule has 0 aromatic heterocycles. The molecular formula is C16H25FN2. The van der Waals surface area contributed by atoms with Gasteiger partial charge in [-0.25, -0.2) is 4.39 Å². The minimum atomic E-state index is -0.0867. The van der Waals surface area contributed by atoms with Gasteiger partial charge in [0.2, 0.25) is 0 Å². The number of rotatable bonds is 7. The van der Waals surface area contributed by atoms with E-state index in [1.807, 2.05) is 6.07 Å². The van der Waals surface area contributed by atoms with Crippen molar-refractivity contribution in [3.63, 3.8) is 0 Å². The molecule has 0 bridgehead atoms. The summed E-state index contributed by atoms with van der Waals surface area (Å²) in [6, 6.07) is 6.45. The Balaban J connectivity index is 2.11. The number of hydrogen-bond acceptors (Lipinski definition) is 2. The van der Waals surface area contributed by atoms with Crippen LogP contribution >= 0.6 is 0 Å². The highest BCUT2D eigenvalue weighted by Crippen LogP contribution is 2.33. The molecule has 1 N–H and O–H groups in total. The fraction of sp³-hybridized carbons (Fsp3) is 0.625. The van der Waals surface area contributed by atoms with Gasteiger partial charge in [-0.15, -0.1) is 0 Å². The highest BCUT2D eigenvalue weighted by atomic mass is 19.1. The van der Waals surface area contributed by atoms with Gasteiger partial charge in [-0.2, -0.15) is 0 Å². The third kappa shape index (κ3) is 3.47. The van der Waals surface area contributed by atoms with Crippen LogP contribution in [0.15, 0.2) is 18.2 Å². The normalized spacial score (nSPS) is 16.4. The van der Waals surface area contributed by atoms with Gasteiger partial charge in [0.15, 0.2) is 0 Å². The fourth-order valence-electron chi connectivity index (χ4n) is 2.52. The van der Waals surface area contributed by atoms with E-state index in [4.69, 9.17) is 0 Å². The van der Waals surface area contributed by atoms with Crippen LogP contribution in [0.25, 0.3) is 0 Å². The van der Waals surface area contributed by atoms with E-state index in [9.17, 15) is 4.39 Å². The molecule has 1 atom stereocenters. The highest BCUT2D eigenvalue weighted by Gasteiger charge is 2.29. The average molecular weight is 264 g/mol. The maximum Gasteiger partial charge on any atom is 0.146 e. The van der Waals surface area contributed by atoms with Crippen molar-refractivity contribution in [2.75, 3.05) is 18.0 Å². The van der Waals surface area contributed by atoms with Crippen molar-refractivity contribution in [3.8, 4) is 0 Å². The van der Waals surface area contributed by atoms with Gasteiger partial charge < -0.3 is 10.2 Å². The molecule has 1 aliphatic carbocycles. The lowest BCUT2D eigenvalue weighted by molar-refractivity contribution is 0.561. The summed E-state index contributed by atoms with van der Waals surface area (Å²) in [6.45, 7) is 8.16. The molecule has 3 heteroatoms. The number of anilines is 1. The van der Waals surface area contributed by atoms with E-state index in [2.05, 4.69) is 37.1 Å². The SMILES string of the molecule is CCCNC(C)c1ccc(N(CC)C2CC2)c(F)c1. The first-order valence-corrected chi connectivity index (χ1v) is 7.46. The van der Waals surface area contributed by atoms with Crippen LogP contribution in [0.1, 0.15) is 51.6 Å². The Morgan fingerprint density at radius 3 is 2.63 bits per heavy atom. The molecular weight excluding hydrogens is 239 g/mol. The Labute approximate surface area is 116 Å². The van der Waals surface area contributed by atoms with E-state index in [-0.39, 0.29) is 11.9 Å². The molecule has 1 aromatic carbocycles. The molecule has 106 valence electrons. The molecule has 1 aliphatic rings. The standard InChI is InChI=1S/C16H25FN2/c1-4-10-18-12(3)13-6-9-16(15(17)11-13)19(5-2)14-7-8-14/h6,9,11-12,14,18H,4-5,7-8,10H2,1-3H3. The van der Waals surface area contributed by atoms with Gasteiger partial charge in [0, 0.05) is 18.6 Å². The first-order chi connectivity index (χ1) is 9.17. The third-order valence-electron chi connectivity index (χ3n) is 3.81. The van der Waals surface area contributed by atoms with Crippen molar-refractivity contribution in [1.82, 2.24) is 5.32 Å². The summed E-state index contributed by atoms with van der Waals surface area (Å²) < 4.78 is 14.3. The topological polar surface area (TPSA) is 15.3 Å². The number of halogens is 1. The van der Waals surface area contributed by atoms with E-state index < -0.39 is 0 Å². The second-order valence-corrected chi connectivity index (χ2v) is 5.40. The molecule has 0 aliphatic heterocycles. The molecule has 1 aromatic rings. The summed E-state index contributed by atoms with van der Waals surface area (Å²) in [7, 11) is 0. The van der Waals surface area contributed by atoms with Crippen molar-refractivity contribution in [2.45, 2.75) is 52.1 Å². The second-order valence-electron chi connectivity index (χ2n) is 5.40. The van der Waals surface area contributed by atoms with Gasteiger partial charge in [-0.3, -0.25) is 0 Å². The van der Waals surface area contributed by atoms with Crippen molar-refractivity contribution < 1.29 is 4.39 Å². The van der Waals surface area contributed by atoms with Crippen LogP contribution in [0.5, 0.6) is 0 Å². The molecule has 1 fully saturated rings. The van der Waals surface area contributed by atoms with Gasteiger partial charge in [0.05, 0.1) is 5.69 Å². The van der Waals surface area contributed by atoms with E-state index in [0.717, 1.165) is 30.8 Å². The zero-order valence-electron chi connectivity index (χ0n) is 12.2. The predicted octanol–water partition coefficient (Wildman–Crippen LogP) is 3.88. The predicted molar refractivity (Wildman–Crippen MR) is 79.2 cm³/mol. The van der Waals surface area contributed by atoms with Crippen LogP contribution in [0.3, 0.4) is 0 Å². The van der Waals surface area contributed by atoms with Crippen LogP contribution in [0.2, 0.25) is 0 Å². The Hall–Kier alpha value is -1.09. The smallest absolute Gasteiger partial charge is 0.146 e. The van der Waals surface area contributed by atoms with Gasteiger partial charge >= 0.3 is 0 Å². The van der Waals surface area contributed by atoms with E-state index in [1.165, 1.54) is 12.8 Å². The lowest BCUT2D eigenvalue weighted by Gasteiger charge is -2.24. The lowest BCUT2D eigenvalue weighted by Crippen LogP contribution is -2.26. The van der Waals surface area contributed by atoms with Gasteiger partial charge in [0.25, 0.3) is 0 Å². The number of nitrogens with zero attached hydrogens (tertiary/aromatic N) is 1. The quantitative estimate of drug-likeness (QED) is 0.804. The third-order valence-corrected chi connectivity index (χ3v) is 3.81. The first-order valence-electron chi connectivity index (χ1n) is 7.46. The van der Waals surface area contributed by atoms with E-state index in [0.29, 0.717) is 6.04 Å². The molecule has 0 saturated heterocycles. The minimum Gasteiger partial charge on any atom is -0.366 e. The van der Waals surface area contributed by atoms with Crippen molar-refractivity contribution >= 4 is 5.69 Å². The van der Waals surface area contributed by atoms with E-state index >= 15 is 0 Å². The minimum absolute atomic E-state index is 0.0867. The summed E-state index contributed by atoms with van der Waals surface area (Å²) in [5.74, 6) is -0.0867. The monoisotopic (exact) mass is 264 g/mol. The molecule has 1 saturated carbocycles. The second kappa shape index (κ2) is 6.38.